The lowest BCUT2D eigenvalue weighted by Crippen LogP contribution is -2.35. The Hall–Kier alpha value is -1.12. The molecule has 1 unspecified atom stereocenters. The minimum atomic E-state index is -0.342. The van der Waals surface area contributed by atoms with Crippen LogP contribution in [0.5, 0.6) is 0 Å². The van der Waals surface area contributed by atoms with Crippen molar-refractivity contribution >= 4 is 15.9 Å². The van der Waals surface area contributed by atoms with Crippen molar-refractivity contribution in [2.45, 2.75) is 18.9 Å². The molecule has 0 spiro atoms. The van der Waals surface area contributed by atoms with Gasteiger partial charge in [-0.3, -0.25) is 0 Å². The van der Waals surface area contributed by atoms with E-state index in [1.54, 1.807) is 0 Å². The van der Waals surface area contributed by atoms with Crippen LogP contribution in [0.15, 0.2) is 59.1 Å². The third-order valence-corrected chi connectivity index (χ3v) is 3.72. The minimum Gasteiger partial charge on any atom is -0.321 e. The Labute approximate surface area is 111 Å². The molecule has 0 aliphatic carbocycles. The Bertz CT molecular complexity index is 491. The number of halogens is 1. The average molecular weight is 290 g/mol. The molecule has 0 amide bonds. The lowest BCUT2D eigenvalue weighted by molar-refractivity contribution is 0.490. The first-order valence-electron chi connectivity index (χ1n) is 5.67. The summed E-state index contributed by atoms with van der Waals surface area (Å²) in [6, 6.07) is 18.5. The smallest absolute Gasteiger partial charge is 0.0422 e. The van der Waals surface area contributed by atoms with Gasteiger partial charge in [0.2, 0.25) is 0 Å². The van der Waals surface area contributed by atoms with Crippen molar-refractivity contribution in [2.75, 3.05) is 0 Å². The van der Waals surface area contributed by atoms with Crippen LogP contribution < -0.4 is 5.73 Å². The van der Waals surface area contributed by atoms with Crippen LogP contribution in [0.2, 0.25) is 0 Å². The standard InChI is InChI=1S/C15H16BrN/c1-15(17,13-8-3-2-4-9-13)11-12-7-5-6-10-14(12)16/h2-10H,11,17H2,1H3. The SMILES string of the molecule is CC(N)(Cc1ccccc1Br)c1ccccc1. The Kier molecular flexibility index (Phi) is 3.65. The van der Waals surface area contributed by atoms with Gasteiger partial charge in [-0.1, -0.05) is 64.5 Å². The highest BCUT2D eigenvalue weighted by Crippen LogP contribution is 2.26. The largest absolute Gasteiger partial charge is 0.321 e. The van der Waals surface area contributed by atoms with Crippen LogP contribution >= 0.6 is 15.9 Å². The number of nitrogens with two attached hydrogens (primary N) is 1. The van der Waals surface area contributed by atoms with E-state index in [1.165, 1.54) is 5.56 Å². The Morgan fingerprint density at radius 2 is 1.59 bits per heavy atom. The third kappa shape index (κ3) is 2.96. The zero-order valence-corrected chi connectivity index (χ0v) is 11.4. The molecule has 0 aromatic heterocycles. The van der Waals surface area contributed by atoms with E-state index in [9.17, 15) is 0 Å². The van der Waals surface area contributed by atoms with Gasteiger partial charge in [-0.15, -0.1) is 0 Å². The number of benzene rings is 2. The zero-order chi connectivity index (χ0) is 12.3. The molecule has 2 aromatic rings. The van der Waals surface area contributed by atoms with Crippen molar-refractivity contribution in [3.05, 3.63) is 70.2 Å². The van der Waals surface area contributed by atoms with Crippen molar-refractivity contribution in [3.63, 3.8) is 0 Å². The maximum Gasteiger partial charge on any atom is 0.0422 e. The molecule has 0 saturated heterocycles. The van der Waals surface area contributed by atoms with Gasteiger partial charge < -0.3 is 5.73 Å². The number of rotatable bonds is 3. The normalized spacial score (nSPS) is 14.3. The van der Waals surface area contributed by atoms with Crippen LogP contribution in [-0.2, 0) is 12.0 Å². The monoisotopic (exact) mass is 289 g/mol. The molecule has 0 fully saturated rings. The Morgan fingerprint density at radius 1 is 1.00 bits per heavy atom. The third-order valence-electron chi connectivity index (χ3n) is 2.95. The highest BCUT2D eigenvalue weighted by Gasteiger charge is 2.22. The lowest BCUT2D eigenvalue weighted by Gasteiger charge is -2.26. The second kappa shape index (κ2) is 5.03. The van der Waals surface area contributed by atoms with E-state index in [-0.39, 0.29) is 5.54 Å². The van der Waals surface area contributed by atoms with Gasteiger partial charge >= 0.3 is 0 Å². The molecule has 0 aliphatic heterocycles. The number of hydrogen-bond donors (Lipinski definition) is 1. The molecule has 0 aliphatic rings. The predicted molar refractivity (Wildman–Crippen MR) is 75.8 cm³/mol. The molecule has 0 bridgehead atoms. The van der Waals surface area contributed by atoms with E-state index >= 15 is 0 Å². The summed E-state index contributed by atoms with van der Waals surface area (Å²) in [6.07, 6.45) is 0.818. The molecule has 2 heteroatoms. The maximum atomic E-state index is 6.42. The van der Waals surface area contributed by atoms with Gasteiger partial charge in [0.05, 0.1) is 0 Å². The van der Waals surface area contributed by atoms with Crippen LogP contribution in [-0.4, -0.2) is 0 Å². The quantitative estimate of drug-likeness (QED) is 0.912. The molecule has 0 radical (unpaired) electrons. The van der Waals surface area contributed by atoms with Crippen LogP contribution in [0.25, 0.3) is 0 Å². The second-order valence-electron chi connectivity index (χ2n) is 4.55. The van der Waals surface area contributed by atoms with Crippen LogP contribution in [0.3, 0.4) is 0 Å². The van der Waals surface area contributed by atoms with Crippen LogP contribution in [0, 0.1) is 0 Å². The molecular weight excluding hydrogens is 274 g/mol. The minimum absolute atomic E-state index is 0.342. The van der Waals surface area contributed by atoms with Crippen molar-refractivity contribution < 1.29 is 0 Å². The van der Waals surface area contributed by atoms with E-state index in [4.69, 9.17) is 5.73 Å². The maximum absolute atomic E-state index is 6.42. The topological polar surface area (TPSA) is 26.0 Å². The summed E-state index contributed by atoms with van der Waals surface area (Å²) >= 11 is 3.57. The van der Waals surface area contributed by atoms with Gasteiger partial charge in [0, 0.05) is 10.0 Å². The van der Waals surface area contributed by atoms with Crippen LogP contribution in [0.4, 0.5) is 0 Å². The van der Waals surface area contributed by atoms with Gasteiger partial charge in [-0.25, -0.2) is 0 Å². The molecule has 2 N–H and O–H groups in total. The molecule has 0 saturated carbocycles. The van der Waals surface area contributed by atoms with Gasteiger partial charge in [-0.05, 0) is 30.5 Å². The fourth-order valence-corrected chi connectivity index (χ4v) is 2.38. The molecule has 0 heterocycles. The second-order valence-corrected chi connectivity index (χ2v) is 5.41. The molecule has 1 atom stereocenters. The molecule has 2 aromatic carbocycles. The van der Waals surface area contributed by atoms with Crippen molar-refractivity contribution in [2.24, 2.45) is 5.73 Å². The van der Waals surface area contributed by atoms with E-state index in [0.29, 0.717) is 0 Å². The molecule has 88 valence electrons. The van der Waals surface area contributed by atoms with Crippen molar-refractivity contribution in [1.82, 2.24) is 0 Å². The molecule has 1 nitrogen and oxygen atoms in total. The van der Waals surface area contributed by atoms with Gasteiger partial charge in [0.25, 0.3) is 0 Å². The summed E-state index contributed by atoms with van der Waals surface area (Å²) in [6.45, 7) is 2.07. The van der Waals surface area contributed by atoms with Crippen molar-refractivity contribution in [1.29, 1.82) is 0 Å². The summed E-state index contributed by atoms with van der Waals surface area (Å²) in [7, 11) is 0. The fraction of sp³-hybridized carbons (Fsp3) is 0.200. The highest BCUT2D eigenvalue weighted by atomic mass is 79.9. The van der Waals surface area contributed by atoms with Gasteiger partial charge in [0.1, 0.15) is 0 Å². The first-order chi connectivity index (χ1) is 8.09. The van der Waals surface area contributed by atoms with E-state index in [1.807, 2.05) is 30.3 Å². The zero-order valence-electron chi connectivity index (χ0n) is 9.86. The molecule has 2 rings (SSSR count). The first kappa shape index (κ1) is 12.3. The van der Waals surface area contributed by atoms with Crippen molar-refractivity contribution in [3.8, 4) is 0 Å². The van der Waals surface area contributed by atoms with E-state index in [2.05, 4.69) is 47.1 Å². The van der Waals surface area contributed by atoms with Gasteiger partial charge in [-0.2, -0.15) is 0 Å². The van der Waals surface area contributed by atoms with Crippen LogP contribution in [0.1, 0.15) is 18.1 Å². The highest BCUT2D eigenvalue weighted by molar-refractivity contribution is 9.10. The summed E-state index contributed by atoms with van der Waals surface area (Å²) < 4.78 is 1.12. The van der Waals surface area contributed by atoms with E-state index < -0.39 is 0 Å². The summed E-state index contributed by atoms with van der Waals surface area (Å²) in [5, 5.41) is 0. The summed E-state index contributed by atoms with van der Waals surface area (Å²) in [5.41, 5.74) is 8.48. The summed E-state index contributed by atoms with van der Waals surface area (Å²) in [5.74, 6) is 0. The summed E-state index contributed by atoms with van der Waals surface area (Å²) in [4.78, 5) is 0. The van der Waals surface area contributed by atoms with E-state index in [0.717, 1.165) is 16.5 Å². The Balaban J connectivity index is 2.27. The number of hydrogen-bond acceptors (Lipinski definition) is 1. The average Bonchev–Trinajstić information content (AvgIpc) is 2.33. The predicted octanol–water partition coefficient (Wildman–Crippen LogP) is 3.87. The van der Waals surface area contributed by atoms with Gasteiger partial charge in [0.15, 0.2) is 0 Å². The Morgan fingerprint density at radius 3 is 2.24 bits per heavy atom. The fourth-order valence-electron chi connectivity index (χ4n) is 1.96. The molecular formula is C15H16BrN. The first-order valence-corrected chi connectivity index (χ1v) is 6.47. The lowest BCUT2D eigenvalue weighted by atomic mass is 9.87. The molecule has 17 heavy (non-hydrogen) atoms.